The predicted octanol–water partition coefficient (Wildman–Crippen LogP) is 2.61. The molecule has 0 saturated heterocycles. The Balaban J connectivity index is 1.58. The number of fused-ring (bicyclic) bond motifs is 2. The first-order valence-electron chi connectivity index (χ1n) is 8.13. The Hall–Kier alpha value is -2.82. The summed E-state index contributed by atoms with van der Waals surface area (Å²) in [6, 6.07) is 13.5. The first kappa shape index (κ1) is 14.8. The fraction of sp³-hybridized carbons (Fsp3) is 0.263. The van der Waals surface area contributed by atoms with Crippen molar-refractivity contribution in [3.05, 3.63) is 59.2 Å². The number of hydrogen-bond donors (Lipinski definition) is 1. The molecule has 2 amide bonds. The lowest BCUT2D eigenvalue weighted by Crippen LogP contribution is -2.35. The van der Waals surface area contributed by atoms with Gasteiger partial charge in [-0.3, -0.25) is 9.59 Å². The van der Waals surface area contributed by atoms with Crippen molar-refractivity contribution in [3.63, 3.8) is 0 Å². The lowest BCUT2D eigenvalue weighted by molar-refractivity contribution is -0.116. The molecule has 2 aromatic carbocycles. The van der Waals surface area contributed by atoms with Crippen molar-refractivity contribution in [2.75, 3.05) is 18.5 Å². The van der Waals surface area contributed by atoms with Crippen LogP contribution >= 0.6 is 0 Å². The minimum absolute atomic E-state index is 0.0224. The fourth-order valence-corrected chi connectivity index (χ4v) is 3.20. The van der Waals surface area contributed by atoms with Gasteiger partial charge in [0.25, 0.3) is 5.91 Å². The van der Waals surface area contributed by atoms with Gasteiger partial charge < -0.3 is 15.0 Å². The molecular formula is C19H18N2O3. The van der Waals surface area contributed by atoms with Crippen molar-refractivity contribution in [1.82, 2.24) is 4.90 Å². The van der Waals surface area contributed by atoms with Crippen LogP contribution in [0.1, 0.15) is 27.9 Å². The van der Waals surface area contributed by atoms with E-state index in [0.717, 1.165) is 6.42 Å². The van der Waals surface area contributed by atoms with Crippen LogP contribution in [0.3, 0.4) is 0 Å². The molecule has 0 fully saturated rings. The summed E-state index contributed by atoms with van der Waals surface area (Å²) in [5.41, 5.74) is 3.65. The van der Waals surface area contributed by atoms with Crippen molar-refractivity contribution >= 4 is 17.5 Å². The Bertz CT molecular complexity index is 816. The summed E-state index contributed by atoms with van der Waals surface area (Å²) in [7, 11) is 0. The van der Waals surface area contributed by atoms with Crippen molar-refractivity contribution < 1.29 is 14.3 Å². The molecule has 0 aromatic heterocycles. The molecular weight excluding hydrogens is 304 g/mol. The van der Waals surface area contributed by atoms with Gasteiger partial charge >= 0.3 is 0 Å². The molecule has 0 atom stereocenters. The molecule has 0 spiro atoms. The number of ether oxygens (including phenoxy) is 1. The molecule has 122 valence electrons. The highest BCUT2D eigenvalue weighted by atomic mass is 16.5. The summed E-state index contributed by atoms with van der Waals surface area (Å²) in [5, 5.41) is 2.80. The number of hydrogen-bond acceptors (Lipinski definition) is 3. The summed E-state index contributed by atoms with van der Waals surface area (Å²) in [4.78, 5) is 26.4. The highest BCUT2D eigenvalue weighted by molar-refractivity contribution is 5.98. The van der Waals surface area contributed by atoms with Crippen LogP contribution in [-0.4, -0.2) is 29.9 Å². The monoisotopic (exact) mass is 322 g/mol. The van der Waals surface area contributed by atoms with Gasteiger partial charge in [0.2, 0.25) is 5.91 Å². The van der Waals surface area contributed by atoms with Crippen molar-refractivity contribution in [3.8, 4) is 5.75 Å². The molecule has 2 aromatic rings. The molecule has 1 N–H and O–H groups in total. The van der Waals surface area contributed by atoms with E-state index in [1.807, 2.05) is 17.0 Å². The lowest BCUT2D eigenvalue weighted by Gasteiger charge is -2.29. The molecule has 2 heterocycles. The van der Waals surface area contributed by atoms with Gasteiger partial charge in [-0.15, -0.1) is 0 Å². The molecule has 4 rings (SSSR count). The average molecular weight is 322 g/mol. The normalized spacial score (nSPS) is 16.3. The Morgan fingerprint density at radius 2 is 1.92 bits per heavy atom. The minimum atomic E-state index is -0.0924. The van der Waals surface area contributed by atoms with Crippen LogP contribution in [0, 0.1) is 0 Å². The van der Waals surface area contributed by atoms with Crippen LogP contribution < -0.4 is 10.1 Å². The summed E-state index contributed by atoms with van der Waals surface area (Å²) < 4.78 is 5.54. The Morgan fingerprint density at radius 3 is 2.79 bits per heavy atom. The molecule has 0 unspecified atom stereocenters. The third-order valence-corrected chi connectivity index (χ3v) is 4.51. The van der Waals surface area contributed by atoms with E-state index in [1.54, 1.807) is 18.2 Å². The maximum Gasteiger partial charge on any atom is 0.254 e. The Kier molecular flexibility index (Phi) is 3.69. The third-order valence-electron chi connectivity index (χ3n) is 4.51. The van der Waals surface area contributed by atoms with E-state index < -0.39 is 0 Å². The van der Waals surface area contributed by atoms with Crippen LogP contribution in [-0.2, 0) is 17.8 Å². The number of nitrogens with one attached hydrogen (secondary N) is 1. The van der Waals surface area contributed by atoms with E-state index in [4.69, 9.17) is 4.74 Å². The molecule has 2 aliphatic heterocycles. The van der Waals surface area contributed by atoms with Crippen LogP contribution in [0.4, 0.5) is 5.69 Å². The van der Waals surface area contributed by atoms with Gasteiger partial charge in [-0.2, -0.15) is 0 Å². The van der Waals surface area contributed by atoms with E-state index in [9.17, 15) is 9.59 Å². The van der Waals surface area contributed by atoms with E-state index in [-0.39, 0.29) is 11.8 Å². The van der Waals surface area contributed by atoms with Gasteiger partial charge in [-0.1, -0.05) is 24.3 Å². The second-order valence-electron chi connectivity index (χ2n) is 6.10. The number of benzene rings is 2. The Labute approximate surface area is 140 Å². The van der Waals surface area contributed by atoms with E-state index in [2.05, 4.69) is 17.4 Å². The van der Waals surface area contributed by atoms with Gasteiger partial charge in [0.1, 0.15) is 5.75 Å². The maximum atomic E-state index is 12.8. The standard InChI is InChI=1S/C19H18N2O3/c22-18-8-10-24-17-6-5-14(11-16(17)20-18)19(23)21-9-7-13-3-1-2-4-15(13)12-21/h1-6,11H,7-10,12H2,(H,20,22). The van der Waals surface area contributed by atoms with Crippen LogP contribution in [0.5, 0.6) is 5.75 Å². The number of nitrogens with zero attached hydrogens (tertiary/aromatic N) is 1. The van der Waals surface area contributed by atoms with E-state index in [0.29, 0.717) is 43.1 Å². The van der Waals surface area contributed by atoms with Crippen LogP contribution in [0.2, 0.25) is 0 Å². The third kappa shape index (κ3) is 2.73. The number of rotatable bonds is 1. The molecule has 5 heteroatoms. The number of anilines is 1. The van der Waals surface area contributed by atoms with Crippen molar-refractivity contribution in [1.29, 1.82) is 0 Å². The smallest absolute Gasteiger partial charge is 0.254 e. The largest absolute Gasteiger partial charge is 0.491 e. The van der Waals surface area contributed by atoms with Crippen molar-refractivity contribution in [2.45, 2.75) is 19.4 Å². The zero-order valence-corrected chi connectivity index (χ0v) is 13.2. The van der Waals surface area contributed by atoms with Gasteiger partial charge in [-0.25, -0.2) is 0 Å². The zero-order valence-electron chi connectivity index (χ0n) is 13.2. The quantitative estimate of drug-likeness (QED) is 0.878. The van der Waals surface area contributed by atoms with Gasteiger partial charge in [0.05, 0.1) is 18.7 Å². The summed E-state index contributed by atoms with van der Waals surface area (Å²) >= 11 is 0. The number of amides is 2. The molecule has 24 heavy (non-hydrogen) atoms. The van der Waals surface area contributed by atoms with Crippen molar-refractivity contribution in [2.24, 2.45) is 0 Å². The van der Waals surface area contributed by atoms with Crippen LogP contribution in [0.25, 0.3) is 0 Å². The highest BCUT2D eigenvalue weighted by Crippen LogP contribution is 2.29. The number of carbonyl (C=O) groups excluding carboxylic acids is 2. The van der Waals surface area contributed by atoms with Crippen LogP contribution in [0.15, 0.2) is 42.5 Å². The minimum Gasteiger partial charge on any atom is -0.491 e. The second kappa shape index (κ2) is 6.00. The fourth-order valence-electron chi connectivity index (χ4n) is 3.20. The molecule has 0 bridgehead atoms. The topological polar surface area (TPSA) is 58.6 Å². The van der Waals surface area contributed by atoms with Gasteiger partial charge in [0, 0.05) is 18.7 Å². The first-order chi connectivity index (χ1) is 11.7. The maximum absolute atomic E-state index is 12.8. The zero-order chi connectivity index (χ0) is 16.5. The molecule has 0 saturated carbocycles. The predicted molar refractivity (Wildman–Crippen MR) is 90.1 cm³/mol. The molecule has 5 nitrogen and oxygen atoms in total. The SMILES string of the molecule is O=C1CCOc2ccc(C(=O)N3CCc4ccccc4C3)cc2N1. The van der Waals surface area contributed by atoms with Gasteiger partial charge in [0.15, 0.2) is 0 Å². The molecule has 0 aliphatic carbocycles. The Morgan fingerprint density at radius 1 is 1.08 bits per heavy atom. The van der Waals surface area contributed by atoms with E-state index in [1.165, 1.54) is 11.1 Å². The highest BCUT2D eigenvalue weighted by Gasteiger charge is 2.23. The summed E-state index contributed by atoms with van der Waals surface area (Å²) in [6.07, 6.45) is 1.19. The lowest BCUT2D eigenvalue weighted by atomic mass is 9.99. The average Bonchev–Trinajstić information content (AvgIpc) is 2.80. The van der Waals surface area contributed by atoms with E-state index >= 15 is 0 Å². The summed E-state index contributed by atoms with van der Waals surface area (Å²) in [6.45, 7) is 1.68. The van der Waals surface area contributed by atoms with Gasteiger partial charge in [-0.05, 0) is 35.7 Å². The first-order valence-corrected chi connectivity index (χ1v) is 8.13. The second-order valence-corrected chi connectivity index (χ2v) is 6.10. The summed E-state index contributed by atoms with van der Waals surface area (Å²) in [5.74, 6) is 0.498. The number of carbonyl (C=O) groups is 2. The molecule has 0 radical (unpaired) electrons. The molecule has 2 aliphatic rings.